The second-order valence-electron chi connectivity index (χ2n) is 5.59. The summed E-state index contributed by atoms with van der Waals surface area (Å²) in [5.74, 6) is 2.30. The van der Waals surface area contributed by atoms with Crippen LogP contribution in [0.2, 0.25) is 0 Å². The summed E-state index contributed by atoms with van der Waals surface area (Å²) >= 11 is 0. The molecule has 20 heavy (non-hydrogen) atoms. The van der Waals surface area contributed by atoms with Crippen molar-refractivity contribution in [2.75, 3.05) is 40.4 Å². The summed E-state index contributed by atoms with van der Waals surface area (Å²) in [7, 11) is 3.86. The number of nitrogens with zero attached hydrogens (tertiary/aromatic N) is 1. The Hall–Kier alpha value is -1.26. The van der Waals surface area contributed by atoms with Gasteiger partial charge in [0.05, 0.1) is 7.11 Å². The van der Waals surface area contributed by atoms with Crippen LogP contribution in [0.1, 0.15) is 13.3 Å². The van der Waals surface area contributed by atoms with Crippen LogP contribution in [0.4, 0.5) is 0 Å². The average Bonchev–Trinajstić information content (AvgIpc) is 2.46. The Labute approximate surface area is 122 Å². The molecule has 0 saturated carbocycles. The van der Waals surface area contributed by atoms with Crippen molar-refractivity contribution in [2.45, 2.75) is 19.4 Å². The van der Waals surface area contributed by atoms with Gasteiger partial charge in [-0.05, 0) is 38.1 Å². The van der Waals surface area contributed by atoms with Crippen LogP contribution >= 0.6 is 0 Å². The molecule has 1 heterocycles. The van der Waals surface area contributed by atoms with E-state index in [4.69, 9.17) is 9.47 Å². The fourth-order valence-corrected chi connectivity index (χ4v) is 2.80. The highest BCUT2D eigenvalue weighted by molar-refractivity contribution is 5.39. The second-order valence-corrected chi connectivity index (χ2v) is 5.59. The Bertz CT molecular complexity index is 411. The van der Waals surface area contributed by atoms with Gasteiger partial charge < -0.3 is 19.7 Å². The molecule has 1 N–H and O–H groups in total. The summed E-state index contributed by atoms with van der Waals surface area (Å²) in [4.78, 5) is 2.40. The predicted molar refractivity (Wildman–Crippen MR) is 81.6 cm³/mol. The van der Waals surface area contributed by atoms with E-state index < -0.39 is 0 Å². The number of rotatable bonds is 6. The topological polar surface area (TPSA) is 33.7 Å². The van der Waals surface area contributed by atoms with E-state index in [1.165, 1.54) is 19.5 Å². The maximum Gasteiger partial charge on any atom is 0.161 e. The summed E-state index contributed by atoms with van der Waals surface area (Å²) < 4.78 is 11.0. The third-order valence-electron chi connectivity index (χ3n) is 3.94. The van der Waals surface area contributed by atoms with Gasteiger partial charge in [0.15, 0.2) is 11.5 Å². The minimum atomic E-state index is 0.604. The molecule has 0 bridgehead atoms. The molecule has 4 nitrogen and oxygen atoms in total. The minimum absolute atomic E-state index is 0.604. The largest absolute Gasteiger partial charge is 0.493 e. The number of para-hydroxylation sites is 2. The fourth-order valence-electron chi connectivity index (χ4n) is 2.80. The first-order valence-corrected chi connectivity index (χ1v) is 7.38. The summed E-state index contributed by atoms with van der Waals surface area (Å²) in [5, 5.41) is 3.61. The summed E-state index contributed by atoms with van der Waals surface area (Å²) in [5.41, 5.74) is 0. The zero-order chi connectivity index (χ0) is 14.4. The van der Waals surface area contributed by atoms with Gasteiger partial charge in [-0.15, -0.1) is 0 Å². The summed E-state index contributed by atoms with van der Waals surface area (Å²) in [6, 6.07) is 8.38. The minimum Gasteiger partial charge on any atom is -0.493 e. The first kappa shape index (κ1) is 15.1. The van der Waals surface area contributed by atoms with Crippen molar-refractivity contribution in [3.63, 3.8) is 0 Å². The van der Waals surface area contributed by atoms with E-state index in [1.54, 1.807) is 7.11 Å². The fraction of sp³-hybridized carbons (Fsp3) is 0.625. The number of hydrogen-bond donors (Lipinski definition) is 1. The van der Waals surface area contributed by atoms with Crippen molar-refractivity contribution < 1.29 is 9.47 Å². The lowest BCUT2D eigenvalue weighted by molar-refractivity contribution is 0.169. The molecule has 0 aromatic heterocycles. The number of piperidine rings is 1. The molecule has 1 aliphatic rings. The Morgan fingerprint density at radius 1 is 1.30 bits per heavy atom. The molecule has 2 unspecified atom stereocenters. The highest BCUT2D eigenvalue weighted by atomic mass is 16.5. The Kier molecular flexibility index (Phi) is 5.68. The molecule has 0 spiro atoms. The molecule has 0 radical (unpaired) electrons. The van der Waals surface area contributed by atoms with Gasteiger partial charge >= 0.3 is 0 Å². The number of nitrogens with one attached hydrogen (secondary N) is 1. The van der Waals surface area contributed by atoms with Gasteiger partial charge in [-0.3, -0.25) is 0 Å². The summed E-state index contributed by atoms with van der Waals surface area (Å²) in [6.45, 7) is 6.20. The Morgan fingerprint density at radius 3 is 2.75 bits per heavy atom. The average molecular weight is 278 g/mol. The van der Waals surface area contributed by atoms with E-state index in [9.17, 15) is 0 Å². The third kappa shape index (κ3) is 4.12. The van der Waals surface area contributed by atoms with Crippen molar-refractivity contribution in [2.24, 2.45) is 5.92 Å². The first-order valence-electron chi connectivity index (χ1n) is 7.38. The van der Waals surface area contributed by atoms with Crippen molar-refractivity contribution in [1.29, 1.82) is 0 Å². The smallest absolute Gasteiger partial charge is 0.161 e. The van der Waals surface area contributed by atoms with E-state index in [-0.39, 0.29) is 0 Å². The standard InChI is InChI=1S/C16H26N2O2/c1-13-12-18(2)10-8-14(13)17-9-11-20-16-7-5-4-6-15(16)19-3/h4-7,13-14,17H,8-12H2,1-3H3. The quantitative estimate of drug-likeness (QED) is 0.807. The molecule has 0 amide bonds. The van der Waals surface area contributed by atoms with E-state index in [0.717, 1.165) is 18.0 Å². The lowest BCUT2D eigenvalue weighted by atomic mass is 9.94. The van der Waals surface area contributed by atoms with Gasteiger partial charge in [-0.25, -0.2) is 0 Å². The molecule has 4 heteroatoms. The van der Waals surface area contributed by atoms with Crippen molar-refractivity contribution >= 4 is 0 Å². The molecule has 1 aromatic carbocycles. The number of methoxy groups -OCH3 is 1. The van der Waals surface area contributed by atoms with Crippen molar-refractivity contribution in [3.05, 3.63) is 24.3 Å². The van der Waals surface area contributed by atoms with Crippen molar-refractivity contribution in [1.82, 2.24) is 10.2 Å². The van der Waals surface area contributed by atoms with Crippen LogP contribution in [-0.2, 0) is 0 Å². The molecule has 1 saturated heterocycles. The Balaban J connectivity index is 1.71. The number of benzene rings is 1. The van der Waals surface area contributed by atoms with Crippen LogP contribution in [0.3, 0.4) is 0 Å². The first-order chi connectivity index (χ1) is 9.70. The lowest BCUT2D eigenvalue weighted by Gasteiger charge is -2.35. The van der Waals surface area contributed by atoms with Crippen molar-refractivity contribution in [3.8, 4) is 11.5 Å². The molecule has 1 aliphatic heterocycles. The van der Waals surface area contributed by atoms with Gasteiger partial charge in [0.2, 0.25) is 0 Å². The molecule has 1 fully saturated rings. The molecular weight excluding hydrogens is 252 g/mol. The molecule has 0 aliphatic carbocycles. The molecular formula is C16H26N2O2. The second kappa shape index (κ2) is 7.50. The van der Waals surface area contributed by atoms with Gasteiger partial charge in [0, 0.05) is 19.1 Å². The van der Waals surface area contributed by atoms with E-state index >= 15 is 0 Å². The SMILES string of the molecule is COc1ccccc1OCCNC1CCN(C)CC1C. The van der Waals surface area contributed by atoms with Crippen LogP contribution in [0.5, 0.6) is 11.5 Å². The highest BCUT2D eigenvalue weighted by Crippen LogP contribution is 2.25. The maximum atomic E-state index is 5.78. The Morgan fingerprint density at radius 2 is 2.05 bits per heavy atom. The monoisotopic (exact) mass is 278 g/mol. The van der Waals surface area contributed by atoms with Gasteiger partial charge in [0.25, 0.3) is 0 Å². The third-order valence-corrected chi connectivity index (χ3v) is 3.94. The van der Waals surface area contributed by atoms with Crippen LogP contribution in [0.25, 0.3) is 0 Å². The summed E-state index contributed by atoms with van der Waals surface area (Å²) in [6.07, 6.45) is 1.21. The van der Waals surface area contributed by atoms with Crippen LogP contribution in [0.15, 0.2) is 24.3 Å². The number of likely N-dealkylation sites (tertiary alicyclic amines) is 1. The van der Waals surface area contributed by atoms with Crippen LogP contribution < -0.4 is 14.8 Å². The van der Waals surface area contributed by atoms with E-state index in [2.05, 4.69) is 24.2 Å². The van der Waals surface area contributed by atoms with Gasteiger partial charge in [-0.1, -0.05) is 19.1 Å². The zero-order valence-corrected chi connectivity index (χ0v) is 12.8. The molecule has 2 rings (SSSR count). The molecule has 2 atom stereocenters. The lowest BCUT2D eigenvalue weighted by Crippen LogP contribution is -2.47. The maximum absolute atomic E-state index is 5.78. The molecule has 112 valence electrons. The normalized spacial score (nSPS) is 23.6. The number of ether oxygens (including phenoxy) is 2. The van der Waals surface area contributed by atoms with E-state index in [1.807, 2.05) is 24.3 Å². The van der Waals surface area contributed by atoms with Crippen LogP contribution in [-0.4, -0.2) is 51.3 Å². The van der Waals surface area contributed by atoms with Gasteiger partial charge in [0.1, 0.15) is 6.61 Å². The van der Waals surface area contributed by atoms with Crippen LogP contribution in [0, 0.1) is 5.92 Å². The van der Waals surface area contributed by atoms with Gasteiger partial charge in [-0.2, -0.15) is 0 Å². The zero-order valence-electron chi connectivity index (χ0n) is 12.8. The van der Waals surface area contributed by atoms with E-state index in [0.29, 0.717) is 18.6 Å². The predicted octanol–water partition coefficient (Wildman–Crippen LogP) is 2.00. The highest BCUT2D eigenvalue weighted by Gasteiger charge is 2.23. The molecule has 1 aromatic rings. The number of hydrogen-bond acceptors (Lipinski definition) is 4.